The molecule has 2 aromatic heterocycles. The highest BCUT2D eigenvalue weighted by Crippen LogP contribution is 2.48. The zero-order chi connectivity index (χ0) is 26.0. The zero-order valence-corrected chi connectivity index (χ0v) is 21.7. The monoisotopic (exact) mass is 525 g/mol. The maximum Gasteiger partial charge on any atom is 0.319 e. The van der Waals surface area contributed by atoms with Gasteiger partial charge in [-0.05, 0) is 50.5 Å². The average Bonchev–Trinajstić information content (AvgIpc) is 3.35. The summed E-state index contributed by atoms with van der Waals surface area (Å²) in [6.07, 6.45) is 6.56. The van der Waals surface area contributed by atoms with Crippen molar-refractivity contribution in [2.75, 3.05) is 36.2 Å². The quantitative estimate of drug-likeness (QED) is 0.427. The van der Waals surface area contributed by atoms with Gasteiger partial charge in [0.05, 0.1) is 31.5 Å². The molecule has 1 saturated carbocycles. The van der Waals surface area contributed by atoms with Crippen molar-refractivity contribution in [1.82, 2.24) is 25.3 Å². The van der Waals surface area contributed by atoms with E-state index in [1.165, 1.54) is 6.26 Å². The summed E-state index contributed by atoms with van der Waals surface area (Å²) in [6.45, 7) is 4.17. The van der Waals surface area contributed by atoms with Crippen LogP contribution in [0.25, 0.3) is 11.4 Å². The normalized spacial score (nSPS) is 19.2. The van der Waals surface area contributed by atoms with Crippen molar-refractivity contribution >= 4 is 27.4 Å². The number of H-pyrrole nitrogens is 1. The van der Waals surface area contributed by atoms with E-state index in [2.05, 4.69) is 32.4 Å². The van der Waals surface area contributed by atoms with Crippen LogP contribution in [0.2, 0.25) is 0 Å². The highest BCUT2D eigenvalue weighted by molar-refractivity contribution is 7.91. The van der Waals surface area contributed by atoms with Gasteiger partial charge in [-0.15, -0.1) is 0 Å². The predicted molar refractivity (Wildman–Crippen MR) is 140 cm³/mol. The number of morpholine rings is 1. The highest BCUT2D eigenvalue weighted by atomic mass is 32.2. The number of hydrogen-bond acceptors (Lipinski definition) is 8. The molecule has 37 heavy (non-hydrogen) atoms. The molecular weight excluding hydrogens is 494 g/mol. The number of sulfone groups is 1. The Labute approximate surface area is 216 Å². The van der Waals surface area contributed by atoms with Crippen molar-refractivity contribution in [1.29, 1.82) is 0 Å². The highest BCUT2D eigenvalue weighted by Gasteiger charge is 2.49. The molecule has 0 radical (unpaired) electrons. The fourth-order valence-electron chi connectivity index (χ4n) is 4.76. The molecule has 0 spiro atoms. The van der Waals surface area contributed by atoms with Gasteiger partial charge in [-0.2, -0.15) is 0 Å². The molecule has 1 atom stereocenters. The molecule has 1 aliphatic carbocycles. The van der Waals surface area contributed by atoms with Crippen molar-refractivity contribution in [2.45, 2.75) is 43.5 Å². The standard InChI is InChI=1S/C25H31N7O4S/c1-17-16-36-13-12-32(17)22-14-20(25(8-3-9-25)37(2,34)35)30-23(31-22)18-4-6-19(7-5-18)29-24(33)28-15-21-26-10-11-27-21/h4-7,10-11,14,17H,3,8-9,12-13,15-16H2,1-2H3,(H,26,27)(H2,28,29,33)/t17-/m0/s1. The van der Waals surface area contributed by atoms with Crippen LogP contribution in [-0.2, 0) is 25.9 Å². The molecule has 3 heterocycles. The third kappa shape index (κ3) is 5.16. The van der Waals surface area contributed by atoms with E-state index >= 15 is 0 Å². The number of carbonyl (C=O) groups is 1. The van der Waals surface area contributed by atoms with E-state index < -0.39 is 14.6 Å². The molecule has 12 heteroatoms. The number of aromatic amines is 1. The summed E-state index contributed by atoms with van der Waals surface area (Å²) in [5.74, 6) is 1.81. The minimum absolute atomic E-state index is 0.103. The van der Waals surface area contributed by atoms with Gasteiger partial charge in [-0.3, -0.25) is 0 Å². The molecule has 2 amide bonds. The summed E-state index contributed by atoms with van der Waals surface area (Å²) in [5, 5.41) is 5.53. The Morgan fingerprint density at radius 3 is 2.65 bits per heavy atom. The van der Waals surface area contributed by atoms with Gasteiger partial charge in [-0.25, -0.2) is 28.2 Å². The number of amides is 2. The number of ether oxygens (including phenoxy) is 1. The summed E-state index contributed by atoms with van der Waals surface area (Å²) in [6, 6.07) is 8.76. The number of anilines is 2. The summed E-state index contributed by atoms with van der Waals surface area (Å²) >= 11 is 0. The van der Waals surface area contributed by atoms with E-state index in [0.717, 1.165) is 12.0 Å². The van der Waals surface area contributed by atoms with Crippen LogP contribution in [0.5, 0.6) is 0 Å². The minimum atomic E-state index is -3.38. The number of benzene rings is 1. The lowest BCUT2D eigenvalue weighted by Gasteiger charge is -2.40. The number of urea groups is 1. The molecule has 5 rings (SSSR count). The minimum Gasteiger partial charge on any atom is -0.377 e. The van der Waals surface area contributed by atoms with Crippen molar-refractivity contribution in [3.63, 3.8) is 0 Å². The van der Waals surface area contributed by atoms with Crippen molar-refractivity contribution in [2.24, 2.45) is 0 Å². The molecule has 3 N–H and O–H groups in total. The molecule has 1 saturated heterocycles. The molecular formula is C25H31N7O4S. The predicted octanol–water partition coefficient (Wildman–Crippen LogP) is 2.84. The first-order valence-electron chi connectivity index (χ1n) is 12.3. The number of imidazole rings is 1. The van der Waals surface area contributed by atoms with Gasteiger partial charge in [0.25, 0.3) is 0 Å². The molecule has 1 aromatic carbocycles. The number of carbonyl (C=O) groups excluding carboxylic acids is 1. The summed E-state index contributed by atoms with van der Waals surface area (Å²) in [4.78, 5) is 31.0. The van der Waals surface area contributed by atoms with Gasteiger partial charge in [0, 0.05) is 42.5 Å². The average molecular weight is 526 g/mol. The second-order valence-electron chi connectivity index (χ2n) is 9.59. The first kappa shape index (κ1) is 25.2. The fourth-order valence-corrected chi connectivity index (χ4v) is 6.28. The van der Waals surface area contributed by atoms with E-state index in [1.807, 2.05) is 18.2 Å². The number of nitrogens with zero attached hydrogens (tertiary/aromatic N) is 4. The molecule has 2 fully saturated rings. The van der Waals surface area contributed by atoms with Crippen LogP contribution in [0.3, 0.4) is 0 Å². The van der Waals surface area contributed by atoms with Gasteiger partial charge in [0.1, 0.15) is 16.4 Å². The topological polar surface area (TPSA) is 142 Å². The molecule has 0 unspecified atom stereocenters. The van der Waals surface area contributed by atoms with Gasteiger partial charge in [-0.1, -0.05) is 0 Å². The molecule has 196 valence electrons. The fraction of sp³-hybridized carbons (Fsp3) is 0.440. The van der Waals surface area contributed by atoms with Crippen LogP contribution in [0.4, 0.5) is 16.3 Å². The molecule has 3 aromatic rings. The molecule has 1 aliphatic heterocycles. The van der Waals surface area contributed by atoms with Gasteiger partial charge in [0.2, 0.25) is 0 Å². The van der Waals surface area contributed by atoms with Crippen molar-refractivity contribution in [3.8, 4) is 11.4 Å². The lowest BCUT2D eigenvalue weighted by molar-refractivity contribution is 0.0985. The van der Waals surface area contributed by atoms with Crippen LogP contribution in [-0.4, -0.2) is 66.4 Å². The Bertz CT molecular complexity index is 1360. The number of hydrogen-bond donors (Lipinski definition) is 3. The van der Waals surface area contributed by atoms with Crippen LogP contribution < -0.4 is 15.5 Å². The van der Waals surface area contributed by atoms with Crippen LogP contribution in [0, 0.1) is 0 Å². The van der Waals surface area contributed by atoms with E-state index in [0.29, 0.717) is 61.4 Å². The number of nitrogens with one attached hydrogen (secondary N) is 3. The molecule has 0 bridgehead atoms. The number of rotatable bonds is 7. The first-order chi connectivity index (χ1) is 17.7. The Morgan fingerprint density at radius 1 is 1.24 bits per heavy atom. The van der Waals surface area contributed by atoms with Crippen molar-refractivity contribution < 1.29 is 17.9 Å². The third-order valence-electron chi connectivity index (χ3n) is 7.08. The van der Waals surface area contributed by atoms with E-state index in [9.17, 15) is 13.2 Å². The lowest BCUT2D eigenvalue weighted by Crippen LogP contribution is -2.45. The second kappa shape index (κ2) is 10.1. The van der Waals surface area contributed by atoms with Gasteiger partial charge in [0.15, 0.2) is 15.7 Å². The van der Waals surface area contributed by atoms with Crippen LogP contribution >= 0.6 is 0 Å². The van der Waals surface area contributed by atoms with E-state index in [-0.39, 0.29) is 18.6 Å². The lowest BCUT2D eigenvalue weighted by atomic mass is 9.81. The SMILES string of the molecule is C[C@H]1COCCN1c1cc(C2(S(C)(=O)=O)CCC2)nc(-c2ccc(NC(=O)NCc3ncc[nH]3)cc2)n1. The smallest absolute Gasteiger partial charge is 0.319 e. The summed E-state index contributed by atoms with van der Waals surface area (Å²) in [5.41, 5.74) is 1.87. The Hall–Kier alpha value is -3.51. The van der Waals surface area contributed by atoms with Crippen LogP contribution in [0.1, 0.15) is 37.7 Å². The van der Waals surface area contributed by atoms with Gasteiger partial charge < -0.3 is 25.3 Å². The third-order valence-corrected chi connectivity index (χ3v) is 9.12. The Kier molecular flexibility index (Phi) is 6.86. The second-order valence-corrected chi connectivity index (χ2v) is 11.9. The molecule has 11 nitrogen and oxygen atoms in total. The zero-order valence-electron chi connectivity index (χ0n) is 20.9. The van der Waals surface area contributed by atoms with E-state index in [4.69, 9.17) is 14.7 Å². The van der Waals surface area contributed by atoms with E-state index in [1.54, 1.807) is 24.5 Å². The first-order valence-corrected chi connectivity index (χ1v) is 14.2. The van der Waals surface area contributed by atoms with Crippen LogP contribution in [0.15, 0.2) is 42.7 Å². The Morgan fingerprint density at radius 2 is 2.03 bits per heavy atom. The summed E-state index contributed by atoms with van der Waals surface area (Å²) < 4.78 is 30.3. The maximum absolute atomic E-state index is 12.9. The largest absolute Gasteiger partial charge is 0.377 e. The van der Waals surface area contributed by atoms with Crippen molar-refractivity contribution in [3.05, 3.63) is 54.2 Å². The van der Waals surface area contributed by atoms with Gasteiger partial charge >= 0.3 is 6.03 Å². The maximum atomic E-state index is 12.9. The summed E-state index contributed by atoms with van der Waals surface area (Å²) in [7, 11) is -3.38. The Balaban J connectivity index is 1.42. The molecule has 2 aliphatic rings. The number of aromatic nitrogens is 4.